The highest BCUT2D eigenvalue weighted by Crippen LogP contribution is 2.35. The number of hydrogen-bond acceptors (Lipinski definition) is 17. The number of nitrogens with zero attached hydrogens (tertiary/aromatic N) is 13. The molecular formula is C82H92N18O9. The van der Waals surface area contributed by atoms with Crippen LogP contribution in [0.5, 0.6) is 5.75 Å². The number of rotatable bonds is 19. The summed E-state index contributed by atoms with van der Waals surface area (Å²) in [6.45, 7) is 11.7. The fourth-order valence-electron chi connectivity index (χ4n) is 15.7. The van der Waals surface area contributed by atoms with Gasteiger partial charge in [-0.3, -0.25) is 38.6 Å². The number of benzene rings is 7. The number of hydrogen-bond donors (Lipinski definition) is 6. The molecule has 2 fully saturated rings. The van der Waals surface area contributed by atoms with E-state index in [1.54, 1.807) is 29.2 Å². The van der Waals surface area contributed by atoms with Crippen molar-refractivity contribution in [1.29, 1.82) is 0 Å². The van der Waals surface area contributed by atoms with Gasteiger partial charge in [-0.1, -0.05) is 78.9 Å². The lowest BCUT2D eigenvalue weighted by Gasteiger charge is -2.34. The van der Waals surface area contributed by atoms with Gasteiger partial charge in [0.15, 0.2) is 0 Å². The predicted octanol–water partition coefficient (Wildman–Crippen LogP) is 6.87. The average Bonchev–Trinajstić information content (AvgIpc) is 1.63. The second-order valence-electron chi connectivity index (χ2n) is 28.9. The normalized spacial score (nSPS) is 16.7. The molecular weight excluding hydrogens is 1380 g/mol. The van der Waals surface area contributed by atoms with Crippen molar-refractivity contribution in [2.24, 2.45) is 0 Å². The van der Waals surface area contributed by atoms with E-state index in [1.165, 1.54) is 31.2 Å². The van der Waals surface area contributed by atoms with Crippen molar-refractivity contribution in [2.45, 2.75) is 96.0 Å². The highest BCUT2D eigenvalue weighted by molar-refractivity contribution is 6.08. The van der Waals surface area contributed by atoms with Crippen LogP contribution in [-0.4, -0.2) is 222 Å². The molecule has 2 bridgehead atoms. The molecule has 564 valence electrons. The number of likely N-dealkylation sites (tertiary alicyclic amines) is 2. The van der Waals surface area contributed by atoms with Crippen molar-refractivity contribution in [2.75, 3.05) is 94.7 Å². The zero-order chi connectivity index (χ0) is 76.0. The van der Waals surface area contributed by atoms with Gasteiger partial charge in [0.2, 0.25) is 5.91 Å². The number of carbonyl (C=O) groups is 7. The summed E-state index contributed by atoms with van der Waals surface area (Å²) in [6, 6.07) is 47.8. The highest BCUT2D eigenvalue weighted by Gasteiger charge is 2.43. The number of imidazole rings is 4. The maximum atomic E-state index is 12.9. The molecule has 10 heterocycles. The summed E-state index contributed by atoms with van der Waals surface area (Å²) >= 11 is 0. The fourth-order valence-corrected chi connectivity index (χ4v) is 15.7. The third-order valence-electron chi connectivity index (χ3n) is 20.9. The summed E-state index contributed by atoms with van der Waals surface area (Å²) in [6.07, 6.45) is 2.91. The first-order valence-electron chi connectivity index (χ1n) is 37.2. The molecule has 7 aromatic carbocycles. The topological polar surface area (TPSA) is 297 Å². The Kier molecular flexibility index (Phi) is 22.4. The maximum Gasteiger partial charge on any atom is 0.328 e. The van der Waals surface area contributed by atoms with Crippen molar-refractivity contribution in [3.8, 4) is 17.1 Å². The van der Waals surface area contributed by atoms with E-state index >= 15 is 0 Å². The van der Waals surface area contributed by atoms with Crippen molar-refractivity contribution in [1.82, 2.24) is 89.3 Å². The molecule has 0 aliphatic carbocycles. The van der Waals surface area contributed by atoms with Gasteiger partial charge in [-0.05, 0) is 132 Å². The number of amides is 6. The van der Waals surface area contributed by atoms with Gasteiger partial charge in [-0.25, -0.2) is 24.7 Å². The molecule has 3 unspecified atom stereocenters. The van der Waals surface area contributed by atoms with Crippen LogP contribution in [-0.2, 0) is 73.0 Å². The van der Waals surface area contributed by atoms with E-state index in [4.69, 9.17) is 14.7 Å². The summed E-state index contributed by atoms with van der Waals surface area (Å²) in [7, 11) is 11.2. The first-order chi connectivity index (χ1) is 52.8. The molecule has 17 rings (SSSR count). The number of aromatic hydroxyl groups is 1. The van der Waals surface area contributed by atoms with Crippen molar-refractivity contribution >= 4 is 85.5 Å². The zero-order valence-electron chi connectivity index (χ0n) is 62.3. The van der Waals surface area contributed by atoms with Gasteiger partial charge in [-0.2, -0.15) is 0 Å². The van der Waals surface area contributed by atoms with Crippen molar-refractivity contribution in [3.05, 3.63) is 208 Å². The number of para-hydroxylation sites is 4. The first-order valence-corrected chi connectivity index (χ1v) is 37.2. The molecule has 11 aromatic rings. The lowest BCUT2D eigenvalue weighted by molar-refractivity contribution is -0.145. The number of esters is 1. The zero-order valence-corrected chi connectivity index (χ0v) is 62.3. The second-order valence-corrected chi connectivity index (χ2v) is 28.9. The SMILES string of the molecule is CN(C)CCCN(C)C(=O)c1cccc(-c2nc3cccc4c3n2CCNC4=O)c1.CN(C)Cc1nc2cccc3c2n1CCNC3=O.COC(=O)C(Cc1ccc(O)cc1)NC(=O)CCc1nc2cccc3c2n1CCNC3=O.O=C1NCCn2c(CN3CC4CC3CN4Cc3ccccc3)nc3cccc1c32. The lowest BCUT2D eigenvalue weighted by Crippen LogP contribution is -2.45. The highest BCUT2D eigenvalue weighted by atomic mass is 16.5. The van der Waals surface area contributed by atoms with Crippen LogP contribution >= 0.6 is 0 Å². The number of methoxy groups -OCH3 is 1. The van der Waals surface area contributed by atoms with E-state index in [0.717, 1.165) is 143 Å². The Bertz CT molecular complexity index is 5240. The summed E-state index contributed by atoms with van der Waals surface area (Å²) in [4.78, 5) is 117. The number of nitrogens with one attached hydrogen (secondary N) is 5. The van der Waals surface area contributed by atoms with Gasteiger partial charge in [0.25, 0.3) is 29.5 Å². The maximum absolute atomic E-state index is 12.9. The Morgan fingerprint density at radius 1 is 0.532 bits per heavy atom. The summed E-state index contributed by atoms with van der Waals surface area (Å²) in [5.74, 6) is 2.67. The Hall–Kier alpha value is -11.7. The van der Waals surface area contributed by atoms with Gasteiger partial charge >= 0.3 is 5.97 Å². The molecule has 4 aromatic heterocycles. The van der Waals surface area contributed by atoms with Gasteiger partial charge in [0.05, 0.1) is 86.6 Å². The van der Waals surface area contributed by atoms with Crippen molar-refractivity contribution in [3.63, 3.8) is 0 Å². The number of phenolic OH excluding ortho intramolecular Hbond substituents is 1. The molecule has 0 radical (unpaired) electrons. The quantitative estimate of drug-likeness (QED) is 0.0450. The standard InChI is InChI=1S/C23H27N5O2.C23H25N5O.C23H24N4O5.C13H16N4O/c1-26(2)12-6-13-27(3)23(30)17-8-4-7-16(15-17)21-25-19-10-5-9-18-20(19)28(21)14-11-24-22(18)29;29-23-19-7-4-8-20-22(19)28(10-9-24-23)21(25-20)15-27-14-17-11-18(27)13-26(17)12-16-5-2-1-3-6-16;1-32-23(31)18(13-14-5-7-15(28)8-6-14)26-20(29)10-9-19-25-17-4-2-3-16-21(17)27(19)12-11-24-22(16)30;1-16(2)8-11-15-10-5-3-4-9-12(10)17(11)7-6-14-13(9)18/h4-5,7-10,15H,6,11-14H2,1-3H3,(H,24,29);1-8,17-18H,9-15H2,(H,24,29);2-8,18,28H,9-13H2,1H3,(H,24,30)(H,26,29);3-5H,6-8H2,1-2H3,(H,14,18). The molecule has 2 saturated heterocycles. The molecule has 0 saturated carbocycles. The Labute approximate surface area is 631 Å². The van der Waals surface area contributed by atoms with Crippen LogP contribution in [0.15, 0.2) is 152 Å². The number of ether oxygens (including phenoxy) is 1. The molecule has 109 heavy (non-hydrogen) atoms. The van der Waals surface area contributed by atoms with Crippen LogP contribution in [0.1, 0.15) is 99.7 Å². The van der Waals surface area contributed by atoms with E-state index in [9.17, 15) is 38.7 Å². The minimum Gasteiger partial charge on any atom is -0.508 e. The van der Waals surface area contributed by atoms with E-state index in [2.05, 4.69) is 100 Å². The number of piperazine rings is 1. The Morgan fingerprint density at radius 2 is 1.02 bits per heavy atom. The minimum absolute atomic E-state index is 0.000108. The van der Waals surface area contributed by atoms with Crippen LogP contribution in [0.25, 0.3) is 55.5 Å². The molecule has 27 nitrogen and oxygen atoms in total. The summed E-state index contributed by atoms with van der Waals surface area (Å²) < 4.78 is 13.3. The lowest BCUT2D eigenvalue weighted by atomic mass is 10.1. The predicted molar refractivity (Wildman–Crippen MR) is 415 cm³/mol. The first kappa shape index (κ1) is 74.2. The smallest absolute Gasteiger partial charge is 0.328 e. The number of fused-ring (bicyclic) bond motifs is 2. The van der Waals surface area contributed by atoms with Crippen LogP contribution in [0.2, 0.25) is 0 Å². The van der Waals surface area contributed by atoms with Gasteiger partial charge in [0, 0.05) is 128 Å². The van der Waals surface area contributed by atoms with Crippen LogP contribution < -0.4 is 26.6 Å². The number of carbonyl (C=O) groups excluding carboxylic acids is 7. The van der Waals surface area contributed by atoms with Crippen LogP contribution in [0.4, 0.5) is 0 Å². The van der Waals surface area contributed by atoms with Crippen molar-refractivity contribution < 1.29 is 43.4 Å². The van der Waals surface area contributed by atoms with E-state index in [1.807, 2.05) is 125 Å². The van der Waals surface area contributed by atoms with E-state index in [-0.39, 0.29) is 54.0 Å². The third kappa shape index (κ3) is 16.3. The average molecular weight is 1470 g/mol. The molecule has 0 spiro atoms. The monoisotopic (exact) mass is 1470 g/mol. The van der Waals surface area contributed by atoms with Gasteiger partial charge in [0.1, 0.15) is 35.1 Å². The molecule has 3 atom stereocenters. The number of phenols is 1. The van der Waals surface area contributed by atoms with E-state index < -0.39 is 12.0 Å². The van der Waals surface area contributed by atoms with E-state index in [0.29, 0.717) is 86.8 Å². The third-order valence-corrected chi connectivity index (χ3v) is 20.9. The summed E-state index contributed by atoms with van der Waals surface area (Å²) in [5.41, 5.74) is 13.3. The van der Waals surface area contributed by atoms with Crippen LogP contribution in [0.3, 0.4) is 0 Å². The number of aryl methyl sites for hydroxylation is 1. The van der Waals surface area contributed by atoms with Crippen LogP contribution in [0, 0.1) is 0 Å². The minimum atomic E-state index is -0.841. The molecule has 6 amide bonds. The largest absolute Gasteiger partial charge is 0.508 e. The number of aromatic nitrogens is 8. The molecule has 6 aliphatic rings. The Morgan fingerprint density at radius 3 is 1.55 bits per heavy atom. The van der Waals surface area contributed by atoms with Gasteiger partial charge in [-0.15, -0.1) is 0 Å². The summed E-state index contributed by atoms with van der Waals surface area (Å²) in [5, 5.41) is 23.9. The molecule has 6 aliphatic heterocycles. The molecule has 27 heteroatoms. The fraction of sp³-hybridized carbons (Fsp3) is 0.354. The second kappa shape index (κ2) is 32.8. The van der Waals surface area contributed by atoms with Gasteiger partial charge < -0.3 is 69.4 Å². The Balaban J connectivity index is 0.000000123. The molecule has 6 N–H and O–H groups in total.